The summed E-state index contributed by atoms with van der Waals surface area (Å²) in [5.74, 6) is 0.264. The Morgan fingerprint density at radius 2 is 2.19 bits per heavy atom. The maximum Gasteiger partial charge on any atom is 0.0768 e. The molecule has 0 aliphatic carbocycles. The van der Waals surface area contributed by atoms with Gasteiger partial charge in [-0.2, -0.15) is 0 Å². The lowest BCUT2D eigenvalue weighted by Gasteiger charge is -2.19. The van der Waals surface area contributed by atoms with Gasteiger partial charge in [0.1, 0.15) is 0 Å². The Bertz CT molecular complexity index is 419. The van der Waals surface area contributed by atoms with E-state index in [1.807, 2.05) is 12.1 Å². The molecule has 2 rings (SSSR count). The highest BCUT2D eigenvalue weighted by atomic mass is 35.5. The standard InChI is InChI=1S/C12H15ClN2S/c1-8(12(14)16)5-15-6-9-2-3-11(13)4-10(9)7-15/h2-4,8H,5-7H2,1H3,(H2,14,16). The van der Waals surface area contributed by atoms with Crippen LogP contribution >= 0.6 is 23.8 Å². The van der Waals surface area contributed by atoms with Gasteiger partial charge in [-0.1, -0.05) is 36.8 Å². The predicted octanol–water partition coefficient (Wildman–Crippen LogP) is 2.58. The lowest BCUT2D eigenvalue weighted by atomic mass is 10.1. The number of halogens is 1. The monoisotopic (exact) mass is 254 g/mol. The number of nitrogens with two attached hydrogens (primary N) is 1. The molecule has 0 amide bonds. The van der Waals surface area contributed by atoms with E-state index < -0.39 is 0 Å². The van der Waals surface area contributed by atoms with Crippen LogP contribution in [0.4, 0.5) is 0 Å². The molecule has 0 saturated carbocycles. The minimum absolute atomic E-state index is 0.264. The lowest BCUT2D eigenvalue weighted by molar-refractivity contribution is 0.267. The van der Waals surface area contributed by atoms with Crippen molar-refractivity contribution in [3.63, 3.8) is 0 Å². The molecule has 1 aliphatic rings. The fourth-order valence-electron chi connectivity index (χ4n) is 2.04. The van der Waals surface area contributed by atoms with Crippen LogP contribution < -0.4 is 5.73 Å². The van der Waals surface area contributed by atoms with Gasteiger partial charge in [0, 0.05) is 30.6 Å². The highest BCUT2D eigenvalue weighted by Gasteiger charge is 2.21. The molecule has 0 fully saturated rings. The first-order valence-corrected chi connectivity index (χ1v) is 6.14. The minimum Gasteiger partial charge on any atom is -0.393 e. The molecule has 0 aromatic heterocycles. The summed E-state index contributed by atoms with van der Waals surface area (Å²) in [7, 11) is 0. The van der Waals surface area contributed by atoms with Crippen molar-refractivity contribution in [2.45, 2.75) is 20.0 Å². The summed E-state index contributed by atoms with van der Waals surface area (Å²) in [5, 5.41) is 0.808. The average Bonchev–Trinajstić information content (AvgIpc) is 2.58. The zero-order chi connectivity index (χ0) is 11.7. The molecule has 1 heterocycles. The van der Waals surface area contributed by atoms with Crippen molar-refractivity contribution in [3.05, 3.63) is 34.3 Å². The van der Waals surface area contributed by atoms with Gasteiger partial charge in [0.25, 0.3) is 0 Å². The highest BCUT2D eigenvalue weighted by molar-refractivity contribution is 7.80. The fourth-order valence-corrected chi connectivity index (χ4v) is 2.31. The molecule has 2 N–H and O–H groups in total. The van der Waals surface area contributed by atoms with Crippen molar-refractivity contribution in [2.75, 3.05) is 6.54 Å². The zero-order valence-electron chi connectivity index (χ0n) is 9.24. The summed E-state index contributed by atoms with van der Waals surface area (Å²) in [6.45, 7) is 4.90. The number of rotatable bonds is 3. The maximum absolute atomic E-state index is 5.97. The van der Waals surface area contributed by atoms with E-state index in [-0.39, 0.29) is 5.92 Å². The van der Waals surface area contributed by atoms with E-state index in [1.165, 1.54) is 11.1 Å². The molecular formula is C12H15ClN2S. The first-order valence-electron chi connectivity index (χ1n) is 5.35. The zero-order valence-corrected chi connectivity index (χ0v) is 10.8. The molecule has 1 aromatic carbocycles. The van der Waals surface area contributed by atoms with Crippen LogP contribution in [-0.2, 0) is 13.1 Å². The van der Waals surface area contributed by atoms with Crippen LogP contribution in [0, 0.1) is 5.92 Å². The van der Waals surface area contributed by atoms with Gasteiger partial charge in [-0.25, -0.2) is 0 Å². The van der Waals surface area contributed by atoms with E-state index >= 15 is 0 Å². The summed E-state index contributed by atoms with van der Waals surface area (Å²) in [5.41, 5.74) is 8.31. The Balaban J connectivity index is 2.03. The van der Waals surface area contributed by atoms with E-state index in [0.717, 1.165) is 24.7 Å². The van der Waals surface area contributed by atoms with Crippen LogP contribution in [0.15, 0.2) is 18.2 Å². The van der Waals surface area contributed by atoms with Gasteiger partial charge in [0.05, 0.1) is 4.99 Å². The summed E-state index contributed by atoms with van der Waals surface area (Å²) in [6.07, 6.45) is 0. The molecule has 0 spiro atoms. The Kier molecular flexibility index (Phi) is 3.47. The van der Waals surface area contributed by atoms with Crippen LogP contribution in [-0.4, -0.2) is 16.4 Å². The minimum atomic E-state index is 0.264. The molecule has 0 bridgehead atoms. The summed E-state index contributed by atoms with van der Waals surface area (Å²) in [4.78, 5) is 2.94. The van der Waals surface area contributed by atoms with E-state index in [1.54, 1.807) is 0 Å². The van der Waals surface area contributed by atoms with Crippen molar-refractivity contribution in [1.82, 2.24) is 4.90 Å². The van der Waals surface area contributed by atoms with Gasteiger partial charge < -0.3 is 5.73 Å². The third-order valence-electron chi connectivity index (χ3n) is 2.97. The molecule has 0 saturated heterocycles. The number of thiocarbonyl (C=S) groups is 1. The van der Waals surface area contributed by atoms with Crippen LogP contribution in [0.5, 0.6) is 0 Å². The lowest BCUT2D eigenvalue weighted by Crippen LogP contribution is -2.30. The van der Waals surface area contributed by atoms with E-state index in [4.69, 9.17) is 29.6 Å². The summed E-state index contributed by atoms with van der Waals surface area (Å²) in [6, 6.07) is 6.09. The molecule has 1 aromatic rings. The van der Waals surface area contributed by atoms with Crippen LogP contribution in [0.1, 0.15) is 18.1 Å². The normalized spacial score (nSPS) is 17.1. The third-order valence-corrected chi connectivity index (χ3v) is 3.61. The Labute approximate surface area is 106 Å². The number of fused-ring (bicyclic) bond motifs is 1. The summed E-state index contributed by atoms with van der Waals surface area (Å²) < 4.78 is 0. The Morgan fingerprint density at radius 1 is 1.50 bits per heavy atom. The number of hydrogen-bond donors (Lipinski definition) is 1. The van der Waals surface area contributed by atoms with E-state index in [2.05, 4.69) is 17.9 Å². The van der Waals surface area contributed by atoms with Gasteiger partial charge in [-0.05, 0) is 23.3 Å². The molecule has 16 heavy (non-hydrogen) atoms. The first kappa shape index (κ1) is 11.8. The smallest absolute Gasteiger partial charge is 0.0768 e. The van der Waals surface area contributed by atoms with Crippen molar-refractivity contribution >= 4 is 28.8 Å². The average molecular weight is 255 g/mol. The second kappa shape index (κ2) is 4.70. The molecule has 86 valence electrons. The highest BCUT2D eigenvalue weighted by Crippen LogP contribution is 2.26. The molecule has 1 atom stereocenters. The van der Waals surface area contributed by atoms with Gasteiger partial charge in [-0.3, -0.25) is 4.90 Å². The third kappa shape index (κ3) is 2.54. The Hall–Kier alpha value is -0.640. The molecule has 1 unspecified atom stereocenters. The molecular weight excluding hydrogens is 240 g/mol. The van der Waals surface area contributed by atoms with Crippen molar-refractivity contribution in [2.24, 2.45) is 11.7 Å². The van der Waals surface area contributed by atoms with Crippen molar-refractivity contribution < 1.29 is 0 Å². The molecule has 1 aliphatic heterocycles. The van der Waals surface area contributed by atoms with Gasteiger partial charge in [-0.15, -0.1) is 0 Å². The largest absolute Gasteiger partial charge is 0.393 e. The SMILES string of the molecule is CC(CN1Cc2ccc(Cl)cc2C1)C(N)=S. The number of nitrogens with zero attached hydrogens (tertiary/aromatic N) is 1. The van der Waals surface area contributed by atoms with E-state index in [0.29, 0.717) is 4.99 Å². The second-order valence-electron chi connectivity index (χ2n) is 4.39. The predicted molar refractivity (Wildman–Crippen MR) is 71.5 cm³/mol. The van der Waals surface area contributed by atoms with Crippen LogP contribution in [0.2, 0.25) is 5.02 Å². The van der Waals surface area contributed by atoms with E-state index in [9.17, 15) is 0 Å². The van der Waals surface area contributed by atoms with Crippen LogP contribution in [0.3, 0.4) is 0 Å². The maximum atomic E-state index is 5.97. The van der Waals surface area contributed by atoms with Crippen molar-refractivity contribution in [1.29, 1.82) is 0 Å². The van der Waals surface area contributed by atoms with Gasteiger partial charge >= 0.3 is 0 Å². The number of hydrogen-bond acceptors (Lipinski definition) is 2. The number of benzene rings is 1. The molecule has 0 radical (unpaired) electrons. The summed E-state index contributed by atoms with van der Waals surface area (Å²) >= 11 is 11.0. The van der Waals surface area contributed by atoms with Gasteiger partial charge in [0.15, 0.2) is 0 Å². The second-order valence-corrected chi connectivity index (χ2v) is 5.29. The fraction of sp³-hybridized carbons (Fsp3) is 0.417. The Morgan fingerprint density at radius 3 is 2.88 bits per heavy atom. The van der Waals surface area contributed by atoms with Gasteiger partial charge in [0.2, 0.25) is 0 Å². The van der Waals surface area contributed by atoms with Crippen LogP contribution in [0.25, 0.3) is 0 Å². The first-order chi connectivity index (χ1) is 7.56. The molecule has 4 heteroatoms. The topological polar surface area (TPSA) is 29.3 Å². The van der Waals surface area contributed by atoms with Crippen molar-refractivity contribution in [3.8, 4) is 0 Å². The molecule has 2 nitrogen and oxygen atoms in total. The quantitative estimate of drug-likeness (QED) is 0.841.